The third kappa shape index (κ3) is 4.33. The van der Waals surface area contributed by atoms with E-state index in [1.807, 2.05) is 24.4 Å². The highest BCUT2D eigenvalue weighted by Crippen LogP contribution is 2.43. The summed E-state index contributed by atoms with van der Waals surface area (Å²) in [4.78, 5) is 4.90. The normalized spacial score (nSPS) is 12.0. The molecule has 0 amide bonds. The lowest BCUT2D eigenvalue weighted by molar-refractivity contribution is 0.669. The summed E-state index contributed by atoms with van der Waals surface area (Å²) in [7, 11) is 0. The Morgan fingerprint density at radius 1 is 0.453 bits per heavy atom. The lowest BCUT2D eigenvalue weighted by Crippen LogP contribution is -2.03. The van der Waals surface area contributed by atoms with Gasteiger partial charge in [0.2, 0.25) is 0 Å². The van der Waals surface area contributed by atoms with Crippen LogP contribution in [-0.2, 0) is 0 Å². The van der Waals surface area contributed by atoms with E-state index in [2.05, 4.69) is 163 Å². The molecular weight excluding hydrogens is 647 g/mol. The number of furan rings is 1. The molecule has 53 heavy (non-hydrogen) atoms. The van der Waals surface area contributed by atoms with E-state index in [1.54, 1.807) is 0 Å². The van der Waals surface area contributed by atoms with E-state index in [9.17, 15) is 0 Å². The van der Waals surface area contributed by atoms with E-state index in [-0.39, 0.29) is 0 Å². The van der Waals surface area contributed by atoms with E-state index in [4.69, 9.17) is 9.40 Å². The highest BCUT2D eigenvalue weighted by molar-refractivity contribution is 6.13. The first-order valence-corrected chi connectivity index (χ1v) is 18.1. The summed E-state index contributed by atoms with van der Waals surface area (Å²) in [6.45, 7) is 4.48. The Hall–Kier alpha value is -6.91. The van der Waals surface area contributed by atoms with Gasteiger partial charge < -0.3 is 13.6 Å². The Balaban J connectivity index is 1.20. The summed E-state index contributed by atoms with van der Waals surface area (Å²) in [5.74, 6) is 0. The average Bonchev–Trinajstić information content (AvgIpc) is 3.86. The molecule has 0 saturated carbocycles. The van der Waals surface area contributed by atoms with Gasteiger partial charge in [0, 0.05) is 49.8 Å². The molecule has 0 unspecified atom stereocenters. The number of fused-ring (bicyclic) bond motifs is 9. The van der Waals surface area contributed by atoms with E-state index in [0.717, 1.165) is 55.7 Å². The Morgan fingerprint density at radius 2 is 1.06 bits per heavy atom. The molecule has 0 aliphatic carbocycles. The topological polar surface area (TPSA) is 35.9 Å². The van der Waals surface area contributed by atoms with Crippen molar-refractivity contribution < 1.29 is 4.42 Å². The molecule has 7 aromatic carbocycles. The minimum Gasteiger partial charge on any atom is -0.456 e. The molecule has 0 spiro atoms. The van der Waals surface area contributed by atoms with Crippen molar-refractivity contribution in [1.82, 2.24) is 14.1 Å². The molecule has 0 aliphatic heterocycles. The van der Waals surface area contributed by atoms with Crippen LogP contribution in [0.3, 0.4) is 0 Å². The summed E-state index contributed by atoms with van der Waals surface area (Å²) in [5.41, 5.74) is 15.7. The number of benzene rings is 7. The summed E-state index contributed by atoms with van der Waals surface area (Å²) < 4.78 is 11.1. The zero-order chi connectivity index (χ0) is 35.2. The molecule has 0 bridgehead atoms. The van der Waals surface area contributed by atoms with Crippen molar-refractivity contribution in [2.75, 3.05) is 0 Å². The van der Waals surface area contributed by atoms with E-state index in [0.29, 0.717) is 0 Å². The van der Waals surface area contributed by atoms with Gasteiger partial charge in [0.05, 0.1) is 33.4 Å². The molecule has 0 radical (unpaired) electrons. The van der Waals surface area contributed by atoms with Gasteiger partial charge in [-0.3, -0.25) is 4.98 Å². The molecule has 4 heterocycles. The van der Waals surface area contributed by atoms with Gasteiger partial charge in [0.1, 0.15) is 11.2 Å². The predicted octanol–water partition coefficient (Wildman–Crippen LogP) is 13.1. The molecule has 4 aromatic heterocycles. The van der Waals surface area contributed by atoms with E-state index >= 15 is 0 Å². The van der Waals surface area contributed by atoms with Crippen LogP contribution in [0.5, 0.6) is 0 Å². The van der Waals surface area contributed by atoms with Gasteiger partial charge in [-0.1, -0.05) is 84.9 Å². The maximum absolute atomic E-state index is 6.23. The molecule has 4 heteroatoms. The van der Waals surface area contributed by atoms with Gasteiger partial charge in [0.15, 0.2) is 0 Å². The monoisotopic (exact) mass is 679 g/mol. The summed E-state index contributed by atoms with van der Waals surface area (Å²) in [5, 5.41) is 7.20. The molecule has 11 aromatic rings. The number of hydrogen-bond acceptors (Lipinski definition) is 2. The number of rotatable bonds is 4. The largest absolute Gasteiger partial charge is 0.456 e. The number of aromatic nitrogens is 3. The Kier molecular flexibility index (Phi) is 6.35. The standard InChI is InChI=1S/C49H33N3O/c1-30-38(32-22-25-48-40(27-32)37-16-6-10-21-47(37)53-48)29-46(31(2)49(30)41-17-11-12-26-50-41)52-44-20-9-5-15-36(44)39-28-33(23-24-45(39)52)51-42-18-7-3-13-34(42)35-14-4-8-19-43(35)51/h3-29H,1-2H3. The van der Waals surface area contributed by atoms with Gasteiger partial charge in [-0.15, -0.1) is 0 Å². The van der Waals surface area contributed by atoms with Crippen LogP contribution in [0.1, 0.15) is 11.1 Å². The zero-order valence-corrected chi connectivity index (χ0v) is 29.3. The lowest BCUT2D eigenvalue weighted by atomic mass is 9.89. The first-order chi connectivity index (χ1) is 26.1. The smallest absolute Gasteiger partial charge is 0.135 e. The van der Waals surface area contributed by atoms with Crippen molar-refractivity contribution in [3.05, 3.63) is 175 Å². The number of para-hydroxylation sites is 4. The number of pyridine rings is 1. The number of nitrogens with zero attached hydrogens (tertiary/aromatic N) is 3. The first-order valence-electron chi connectivity index (χ1n) is 18.1. The molecule has 0 aliphatic rings. The van der Waals surface area contributed by atoms with Crippen LogP contribution in [0.4, 0.5) is 0 Å². The fourth-order valence-corrected chi connectivity index (χ4v) is 8.78. The Labute approximate surface area is 305 Å². The molecule has 4 nitrogen and oxygen atoms in total. The van der Waals surface area contributed by atoms with Crippen molar-refractivity contribution in [2.45, 2.75) is 13.8 Å². The van der Waals surface area contributed by atoms with E-state index in [1.165, 1.54) is 54.8 Å². The van der Waals surface area contributed by atoms with Crippen molar-refractivity contribution >= 4 is 65.6 Å². The van der Waals surface area contributed by atoms with Crippen LogP contribution < -0.4 is 0 Å². The second kappa shape index (κ2) is 11.3. The molecule has 11 rings (SSSR count). The van der Waals surface area contributed by atoms with Gasteiger partial charge >= 0.3 is 0 Å². The van der Waals surface area contributed by atoms with Crippen LogP contribution in [0.2, 0.25) is 0 Å². The Bertz CT molecular complexity index is 3200. The average molecular weight is 680 g/mol. The van der Waals surface area contributed by atoms with E-state index < -0.39 is 0 Å². The van der Waals surface area contributed by atoms with Crippen LogP contribution in [0.15, 0.2) is 168 Å². The molecule has 0 N–H and O–H groups in total. The van der Waals surface area contributed by atoms with Crippen LogP contribution in [0, 0.1) is 13.8 Å². The maximum atomic E-state index is 6.23. The zero-order valence-electron chi connectivity index (χ0n) is 29.3. The summed E-state index contributed by atoms with van der Waals surface area (Å²) >= 11 is 0. The molecule has 250 valence electrons. The second-order valence-electron chi connectivity index (χ2n) is 14.0. The highest BCUT2D eigenvalue weighted by Gasteiger charge is 2.22. The summed E-state index contributed by atoms with van der Waals surface area (Å²) in [6, 6.07) is 56.6. The molecular formula is C49H33N3O. The highest BCUT2D eigenvalue weighted by atomic mass is 16.3. The third-order valence-corrected chi connectivity index (χ3v) is 11.2. The lowest BCUT2D eigenvalue weighted by Gasteiger charge is -2.21. The SMILES string of the molecule is Cc1c(-c2ccc3oc4ccccc4c3c2)cc(-n2c3ccccc3c3cc(-n4c5ccccc5c5ccccc54)ccc32)c(C)c1-c1ccccn1. The fraction of sp³-hybridized carbons (Fsp3) is 0.0408. The second-order valence-corrected chi connectivity index (χ2v) is 14.0. The molecule has 0 fully saturated rings. The van der Waals surface area contributed by atoms with Gasteiger partial charge in [-0.2, -0.15) is 0 Å². The summed E-state index contributed by atoms with van der Waals surface area (Å²) in [6.07, 6.45) is 1.89. The fourth-order valence-electron chi connectivity index (χ4n) is 8.78. The van der Waals surface area contributed by atoms with Gasteiger partial charge in [-0.25, -0.2) is 0 Å². The number of hydrogen-bond donors (Lipinski definition) is 0. The van der Waals surface area contributed by atoms with Crippen molar-refractivity contribution in [3.63, 3.8) is 0 Å². The van der Waals surface area contributed by atoms with Crippen LogP contribution in [-0.4, -0.2) is 14.1 Å². The maximum Gasteiger partial charge on any atom is 0.135 e. The quantitative estimate of drug-likeness (QED) is 0.186. The molecule has 0 atom stereocenters. The molecule has 0 saturated heterocycles. The predicted molar refractivity (Wildman–Crippen MR) is 221 cm³/mol. The van der Waals surface area contributed by atoms with Gasteiger partial charge in [-0.05, 0) is 109 Å². The third-order valence-electron chi connectivity index (χ3n) is 11.2. The first kappa shape index (κ1) is 29.8. The Morgan fingerprint density at radius 3 is 1.77 bits per heavy atom. The van der Waals surface area contributed by atoms with Crippen molar-refractivity contribution in [3.8, 4) is 33.8 Å². The minimum absolute atomic E-state index is 0.895. The van der Waals surface area contributed by atoms with Crippen LogP contribution >= 0.6 is 0 Å². The van der Waals surface area contributed by atoms with Crippen molar-refractivity contribution in [2.24, 2.45) is 0 Å². The van der Waals surface area contributed by atoms with Gasteiger partial charge in [0.25, 0.3) is 0 Å². The van der Waals surface area contributed by atoms with Crippen LogP contribution in [0.25, 0.3) is 99.3 Å². The van der Waals surface area contributed by atoms with Crippen molar-refractivity contribution in [1.29, 1.82) is 0 Å². The minimum atomic E-state index is 0.895.